The number of nitrogens with zero attached hydrogens (tertiary/aromatic N) is 4. The molecule has 1 fully saturated rings. The first-order valence-corrected chi connectivity index (χ1v) is 8.89. The number of hydrogen-bond acceptors (Lipinski definition) is 4. The normalized spacial score (nSPS) is 16.6. The highest BCUT2D eigenvalue weighted by Gasteiger charge is 2.39. The summed E-state index contributed by atoms with van der Waals surface area (Å²) in [5.41, 5.74) is -0.829. The van der Waals surface area contributed by atoms with Crippen LogP contribution in [0.4, 0.5) is 18.0 Å². The van der Waals surface area contributed by atoms with Crippen molar-refractivity contribution in [3.63, 3.8) is 0 Å². The molecule has 0 radical (unpaired) electrons. The second-order valence-corrected chi connectivity index (χ2v) is 6.67. The predicted molar refractivity (Wildman–Crippen MR) is 89.6 cm³/mol. The first kappa shape index (κ1) is 20.5. The van der Waals surface area contributed by atoms with E-state index in [1.54, 1.807) is 6.92 Å². The molecule has 1 aromatic rings. The van der Waals surface area contributed by atoms with Crippen molar-refractivity contribution in [1.82, 2.24) is 19.6 Å². The quantitative estimate of drug-likeness (QED) is 0.724. The molecule has 2 rings (SSSR count). The first-order chi connectivity index (χ1) is 12.1. The van der Waals surface area contributed by atoms with Gasteiger partial charge in [-0.1, -0.05) is 0 Å². The molecule has 26 heavy (non-hydrogen) atoms. The fraction of sp³-hybridized carbons (Fsp3) is 0.667. The molecular weight excluding hydrogens is 421 g/mol. The molecule has 2 heterocycles. The van der Waals surface area contributed by atoms with Crippen molar-refractivity contribution in [2.45, 2.75) is 33.0 Å². The Kier molecular flexibility index (Phi) is 6.20. The van der Waals surface area contributed by atoms with Gasteiger partial charge in [0, 0.05) is 26.2 Å². The van der Waals surface area contributed by atoms with Gasteiger partial charge in [-0.15, -0.1) is 0 Å². The number of amides is 2. The predicted octanol–water partition coefficient (Wildman–Crippen LogP) is 2.83. The second kappa shape index (κ2) is 7.85. The molecule has 1 unspecified atom stereocenters. The minimum Gasteiger partial charge on any atom is -0.450 e. The Morgan fingerprint density at radius 3 is 2.23 bits per heavy atom. The van der Waals surface area contributed by atoms with Crippen molar-refractivity contribution in [2.75, 3.05) is 32.8 Å². The van der Waals surface area contributed by atoms with Crippen molar-refractivity contribution in [3.8, 4) is 0 Å². The Morgan fingerprint density at radius 1 is 1.23 bits per heavy atom. The van der Waals surface area contributed by atoms with E-state index >= 15 is 0 Å². The van der Waals surface area contributed by atoms with E-state index in [2.05, 4.69) is 21.0 Å². The van der Waals surface area contributed by atoms with Gasteiger partial charge in [-0.3, -0.25) is 9.48 Å². The number of halogens is 4. The Morgan fingerprint density at radius 2 is 1.77 bits per heavy atom. The largest absolute Gasteiger partial charge is 0.450 e. The van der Waals surface area contributed by atoms with Crippen LogP contribution in [-0.2, 0) is 15.7 Å². The van der Waals surface area contributed by atoms with Gasteiger partial charge in [-0.05, 0) is 36.7 Å². The number of aromatic nitrogens is 2. The Labute approximate surface area is 157 Å². The van der Waals surface area contributed by atoms with E-state index in [0.29, 0.717) is 13.1 Å². The number of carbonyl (C=O) groups is 2. The summed E-state index contributed by atoms with van der Waals surface area (Å²) in [5.74, 6) is -0.347. The molecule has 0 N–H and O–H groups in total. The Balaban J connectivity index is 2.08. The third-order valence-corrected chi connectivity index (χ3v) is 5.14. The first-order valence-electron chi connectivity index (χ1n) is 8.10. The number of alkyl halides is 3. The SMILES string of the molecule is CCOC(=O)N1CCN(C(=O)C(C)n2nc(C(F)(F)F)c(Br)c2C)CC1. The van der Waals surface area contributed by atoms with Crippen molar-refractivity contribution in [2.24, 2.45) is 0 Å². The van der Waals surface area contributed by atoms with Crippen LogP contribution in [0, 0.1) is 6.92 Å². The van der Waals surface area contributed by atoms with E-state index in [1.165, 1.54) is 23.6 Å². The Hall–Kier alpha value is -1.78. The molecule has 0 aromatic carbocycles. The number of rotatable bonds is 3. The summed E-state index contributed by atoms with van der Waals surface area (Å²) in [6.07, 6.45) is -5.04. The molecule has 0 bridgehead atoms. The van der Waals surface area contributed by atoms with Crippen molar-refractivity contribution in [1.29, 1.82) is 0 Å². The van der Waals surface area contributed by atoms with Gasteiger partial charge in [-0.25, -0.2) is 4.79 Å². The maximum Gasteiger partial charge on any atom is 0.436 e. The van der Waals surface area contributed by atoms with Crippen LogP contribution in [0.15, 0.2) is 4.47 Å². The van der Waals surface area contributed by atoms with Crippen molar-refractivity contribution in [3.05, 3.63) is 15.9 Å². The third kappa shape index (κ3) is 4.13. The molecule has 1 saturated heterocycles. The average molecular weight is 441 g/mol. The summed E-state index contributed by atoms with van der Waals surface area (Å²) in [7, 11) is 0. The molecule has 2 amide bonds. The molecule has 146 valence electrons. The van der Waals surface area contributed by atoms with Crippen molar-refractivity contribution < 1.29 is 27.5 Å². The zero-order valence-corrected chi connectivity index (χ0v) is 16.2. The van der Waals surface area contributed by atoms with Gasteiger partial charge < -0.3 is 14.5 Å². The lowest BCUT2D eigenvalue weighted by atomic mass is 10.2. The van der Waals surface area contributed by atoms with Crippen LogP contribution < -0.4 is 0 Å². The van der Waals surface area contributed by atoms with E-state index in [9.17, 15) is 22.8 Å². The highest BCUT2D eigenvalue weighted by atomic mass is 79.9. The minimum atomic E-state index is -4.61. The van der Waals surface area contributed by atoms with Gasteiger partial charge in [0.1, 0.15) is 6.04 Å². The van der Waals surface area contributed by atoms with Crippen LogP contribution in [0.2, 0.25) is 0 Å². The average Bonchev–Trinajstić information content (AvgIpc) is 2.89. The fourth-order valence-electron chi connectivity index (χ4n) is 2.75. The summed E-state index contributed by atoms with van der Waals surface area (Å²) < 4.78 is 44.8. The fourth-order valence-corrected chi connectivity index (χ4v) is 3.24. The lowest BCUT2D eigenvalue weighted by molar-refractivity contribution is -0.143. The molecular formula is C15H20BrF3N4O3. The van der Waals surface area contributed by atoms with Crippen LogP contribution in [0.3, 0.4) is 0 Å². The highest BCUT2D eigenvalue weighted by Crippen LogP contribution is 2.36. The van der Waals surface area contributed by atoms with Crippen LogP contribution in [0.25, 0.3) is 0 Å². The van der Waals surface area contributed by atoms with Crippen LogP contribution in [-0.4, -0.2) is 64.4 Å². The van der Waals surface area contributed by atoms with Gasteiger partial charge in [0.25, 0.3) is 0 Å². The lowest BCUT2D eigenvalue weighted by Gasteiger charge is -2.35. The lowest BCUT2D eigenvalue weighted by Crippen LogP contribution is -2.52. The van der Waals surface area contributed by atoms with E-state index in [1.807, 2.05) is 0 Å². The zero-order valence-electron chi connectivity index (χ0n) is 14.6. The standard InChI is InChI=1S/C15H20BrF3N4O3/c1-4-26-14(25)22-7-5-21(6-8-22)13(24)10(3)23-9(2)11(16)12(20-23)15(17,18)19/h10H,4-8H2,1-3H3. The topological polar surface area (TPSA) is 67.7 Å². The third-order valence-electron chi connectivity index (χ3n) is 4.19. The molecule has 1 aliphatic rings. The molecule has 1 aliphatic heterocycles. The zero-order chi connectivity index (χ0) is 19.6. The monoisotopic (exact) mass is 440 g/mol. The van der Waals surface area contributed by atoms with Gasteiger partial charge >= 0.3 is 12.3 Å². The molecule has 11 heteroatoms. The Bertz CT molecular complexity index is 684. The molecule has 0 saturated carbocycles. The molecule has 1 atom stereocenters. The van der Waals surface area contributed by atoms with E-state index in [-0.39, 0.29) is 35.8 Å². The summed E-state index contributed by atoms with van der Waals surface area (Å²) in [5, 5.41) is 3.58. The minimum absolute atomic E-state index is 0.170. The van der Waals surface area contributed by atoms with Crippen LogP contribution >= 0.6 is 15.9 Å². The van der Waals surface area contributed by atoms with Gasteiger partial charge in [-0.2, -0.15) is 18.3 Å². The van der Waals surface area contributed by atoms with Gasteiger partial charge in [0.15, 0.2) is 5.69 Å². The van der Waals surface area contributed by atoms with Crippen LogP contribution in [0.1, 0.15) is 31.3 Å². The van der Waals surface area contributed by atoms with E-state index < -0.39 is 24.0 Å². The number of ether oxygens (including phenoxy) is 1. The second-order valence-electron chi connectivity index (χ2n) is 5.88. The highest BCUT2D eigenvalue weighted by molar-refractivity contribution is 9.10. The molecule has 0 spiro atoms. The number of hydrogen-bond donors (Lipinski definition) is 0. The van der Waals surface area contributed by atoms with Crippen molar-refractivity contribution >= 4 is 27.9 Å². The summed E-state index contributed by atoms with van der Waals surface area (Å²) in [6, 6.07) is -0.892. The van der Waals surface area contributed by atoms with E-state index in [0.717, 1.165) is 4.68 Å². The maximum atomic E-state index is 13.0. The maximum absolute atomic E-state index is 13.0. The summed E-state index contributed by atoms with van der Waals surface area (Å²) >= 11 is 2.90. The number of piperazine rings is 1. The summed E-state index contributed by atoms with van der Waals surface area (Å²) in [4.78, 5) is 27.4. The smallest absolute Gasteiger partial charge is 0.436 e. The molecule has 7 nitrogen and oxygen atoms in total. The summed E-state index contributed by atoms with van der Waals surface area (Å²) in [6.45, 7) is 6.15. The molecule has 0 aliphatic carbocycles. The van der Waals surface area contributed by atoms with E-state index in [4.69, 9.17) is 4.74 Å². The molecule has 1 aromatic heterocycles. The van der Waals surface area contributed by atoms with Crippen LogP contribution in [0.5, 0.6) is 0 Å². The van der Waals surface area contributed by atoms with Gasteiger partial charge in [0.05, 0.1) is 16.8 Å². The van der Waals surface area contributed by atoms with Gasteiger partial charge in [0.2, 0.25) is 5.91 Å². The number of carbonyl (C=O) groups excluding carboxylic acids is 2.